The molecule has 0 aliphatic heterocycles. The Kier molecular flexibility index (Phi) is 14.5. The Morgan fingerprint density at radius 1 is 0.812 bits per heavy atom. The van der Waals surface area contributed by atoms with E-state index in [1.165, 1.54) is 51.4 Å². The molecule has 1 amide bonds. The summed E-state index contributed by atoms with van der Waals surface area (Å²) in [4.78, 5) is 32.5. The van der Waals surface area contributed by atoms with E-state index in [4.69, 9.17) is 4.74 Å². The van der Waals surface area contributed by atoms with Gasteiger partial charge in [0.05, 0.1) is 0 Å². The number of carbonyl (C=O) groups excluding carboxylic acids is 2. The molecule has 0 aromatic rings. The van der Waals surface area contributed by atoms with Gasteiger partial charge in [-0.25, -0.2) is 0 Å². The van der Waals surface area contributed by atoms with Crippen molar-refractivity contribution in [1.29, 1.82) is 0 Å². The standard InChI is InChI=1S/C42H75N3O3/c1-31(2)14-10-15-32(3)36-20-21-37-35-19-18-33-30-34(22-24-41(33,4)38(35)23-25-42(36,37)5)48-40(47)17-11-16-39(46)45(28-12-26-43(6)7)29-13-27-44(8)9/h18,31-32,34-38H,10-17,19-30H2,1-9H3/t32-,34+,35+,36-,37+,38?,41+,42-/m1/s1. The van der Waals surface area contributed by atoms with Crippen molar-refractivity contribution >= 4 is 11.9 Å². The topological polar surface area (TPSA) is 53.1 Å². The lowest BCUT2D eigenvalue weighted by Gasteiger charge is -2.58. The van der Waals surface area contributed by atoms with Crippen molar-refractivity contribution in [3.63, 3.8) is 0 Å². The highest BCUT2D eigenvalue weighted by Crippen LogP contribution is 2.67. The first-order valence-electron chi connectivity index (χ1n) is 20.2. The van der Waals surface area contributed by atoms with Crippen molar-refractivity contribution in [3.8, 4) is 0 Å². The van der Waals surface area contributed by atoms with Crippen LogP contribution in [0.2, 0.25) is 0 Å². The summed E-state index contributed by atoms with van der Waals surface area (Å²) in [6.45, 7) is 16.1. The van der Waals surface area contributed by atoms with Crippen LogP contribution in [-0.4, -0.2) is 87.0 Å². The molecule has 3 fully saturated rings. The Balaban J connectivity index is 1.25. The molecular weight excluding hydrogens is 594 g/mol. The minimum atomic E-state index is -0.120. The predicted octanol–water partition coefficient (Wildman–Crippen LogP) is 8.84. The molecule has 6 nitrogen and oxygen atoms in total. The third kappa shape index (κ3) is 9.89. The van der Waals surface area contributed by atoms with Gasteiger partial charge >= 0.3 is 5.97 Å². The van der Waals surface area contributed by atoms with Crippen LogP contribution in [0.15, 0.2) is 11.6 Å². The Labute approximate surface area is 296 Å². The van der Waals surface area contributed by atoms with Gasteiger partial charge in [0.25, 0.3) is 0 Å². The van der Waals surface area contributed by atoms with E-state index in [0.29, 0.717) is 24.7 Å². The fourth-order valence-electron chi connectivity index (χ4n) is 11.1. The van der Waals surface area contributed by atoms with Gasteiger partial charge in [-0.2, -0.15) is 0 Å². The molecule has 8 atom stereocenters. The summed E-state index contributed by atoms with van der Waals surface area (Å²) in [6.07, 6.45) is 20.0. The first-order valence-corrected chi connectivity index (χ1v) is 20.2. The zero-order valence-corrected chi connectivity index (χ0v) is 32.8. The Bertz CT molecular complexity index is 1060. The molecule has 0 saturated heterocycles. The molecule has 6 heteroatoms. The van der Waals surface area contributed by atoms with Crippen molar-refractivity contribution in [2.75, 3.05) is 54.4 Å². The number of esters is 1. The van der Waals surface area contributed by atoms with Crippen LogP contribution in [0.25, 0.3) is 0 Å². The Morgan fingerprint density at radius 3 is 2.15 bits per heavy atom. The van der Waals surface area contributed by atoms with E-state index in [9.17, 15) is 9.59 Å². The minimum Gasteiger partial charge on any atom is -0.462 e. The first-order chi connectivity index (χ1) is 22.7. The maximum Gasteiger partial charge on any atom is 0.306 e. The molecule has 0 heterocycles. The summed E-state index contributed by atoms with van der Waals surface area (Å²) in [7, 11) is 8.29. The zero-order chi connectivity index (χ0) is 35.1. The number of ether oxygens (including phenoxy) is 1. The van der Waals surface area contributed by atoms with E-state index in [1.54, 1.807) is 5.57 Å². The molecule has 48 heavy (non-hydrogen) atoms. The Morgan fingerprint density at radius 2 is 1.50 bits per heavy atom. The zero-order valence-electron chi connectivity index (χ0n) is 32.8. The minimum absolute atomic E-state index is 0.00551. The van der Waals surface area contributed by atoms with Gasteiger partial charge in [0.2, 0.25) is 5.91 Å². The molecule has 0 aromatic heterocycles. The molecule has 1 unspecified atom stereocenters. The second kappa shape index (κ2) is 17.7. The molecular formula is C42H75N3O3. The normalized spacial score (nSPS) is 32.1. The van der Waals surface area contributed by atoms with E-state index in [1.807, 2.05) is 4.90 Å². The highest BCUT2D eigenvalue weighted by Gasteiger charge is 2.59. The number of hydrogen-bond acceptors (Lipinski definition) is 5. The third-order valence-corrected chi connectivity index (χ3v) is 13.7. The second-order valence-corrected chi connectivity index (χ2v) is 18.2. The van der Waals surface area contributed by atoms with Gasteiger partial charge in [0.1, 0.15) is 6.10 Å². The van der Waals surface area contributed by atoms with Crippen molar-refractivity contribution in [1.82, 2.24) is 14.7 Å². The average molecular weight is 670 g/mol. The summed E-state index contributed by atoms with van der Waals surface area (Å²) in [5.41, 5.74) is 2.36. The van der Waals surface area contributed by atoms with E-state index in [2.05, 4.69) is 78.7 Å². The smallest absolute Gasteiger partial charge is 0.306 e. The highest BCUT2D eigenvalue weighted by atomic mass is 16.5. The summed E-state index contributed by atoms with van der Waals surface area (Å²) >= 11 is 0. The van der Waals surface area contributed by atoms with Crippen molar-refractivity contribution in [3.05, 3.63) is 11.6 Å². The van der Waals surface area contributed by atoms with Crippen LogP contribution in [0.4, 0.5) is 0 Å². The number of allylic oxidation sites excluding steroid dienone is 1. The Hall–Kier alpha value is -1.40. The van der Waals surface area contributed by atoms with E-state index in [0.717, 1.165) is 93.8 Å². The second-order valence-electron chi connectivity index (χ2n) is 18.2. The third-order valence-electron chi connectivity index (χ3n) is 13.7. The largest absolute Gasteiger partial charge is 0.462 e. The number of amides is 1. The summed E-state index contributed by atoms with van der Waals surface area (Å²) in [6, 6.07) is 0. The van der Waals surface area contributed by atoms with Gasteiger partial charge in [-0.3, -0.25) is 9.59 Å². The molecule has 0 N–H and O–H groups in total. The van der Waals surface area contributed by atoms with Crippen molar-refractivity contribution < 1.29 is 14.3 Å². The molecule has 0 spiro atoms. The number of nitrogens with zero attached hydrogens (tertiary/aromatic N) is 3. The lowest BCUT2D eigenvalue weighted by Crippen LogP contribution is -2.51. The van der Waals surface area contributed by atoms with Crippen LogP contribution in [-0.2, 0) is 14.3 Å². The first kappa shape index (κ1) is 39.4. The molecule has 4 rings (SSSR count). The van der Waals surface area contributed by atoms with Gasteiger partial charge in [-0.1, -0.05) is 65.5 Å². The van der Waals surface area contributed by atoms with Gasteiger partial charge in [0.15, 0.2) is 0 Å². The summed E-state index contributed by atoms with van der Waals surface area (Å²) < 4.78 is 6.10. The van der Waals surface area contributed by atoms with Crippen LogP contribution in [0, 0.1) is 46.3 Å². The number of carbonyl (C=O) groups is 2. The molecule has 0 bridgehead atoms. The predicted molar refractivity (Wildman–Crippen MR) is 200 cm³/mol. The molecule has 3 saturated carbocycles. The van der Waals surface area contributed by atoms with Gasteiger partial charge in [-0.05, 0) is 152 Å². The summed E-state index contributed by atoms with van der Waals surface area (Å²) in [5.74, 6) is 5.11. The van der Waals surface area contributed by atoms with Crippen molar-refractivity contribution in [2.45, 2.75) is 143 Å². The SMILES string of the molecule is CC(C)CCC[C@@H](C)[C@H]1CC[C@H]2[C@@H]3CC=C4C[C@@H](OC(=O)CCCC(=O)N(CCCN(C)C)CCCN(C)C)CC[C@]4(C)C3CC[C@]12C. The monoisotopic (exact) mass is 670 g/mol. The summed E-state index contributed by atoms with van der Waals surface area (Å²) in [5, 5.41) is 0. The van der Waals surface area contributed by atoms with Gasteiger partial charge in [-0.15, -0.1) is 0 Å². The molecule has 4 aliphatic carbocycles. The van der Waals surface area contributed by atoms with Crippen LogP contribution in [0.5, 0.6) is 0 Å². The van der Waals surface area contributed by atoms with Gasteiger partial charge in [0, 0.05) is 32.4 Å². The van der Waals surface area contributed by atoms with E-state index >= 15 is 0 Å². The average Bonchev–Trinajstić information content (AvgIpc) is 3.37. The van der Waals surface area contributed by atoms with Crippen LogP contribution in [0.3, 0.4) is 0 Å². The maximum absolute atomic E-state index is 13.1. The fraction of sp³-hybridized carbons (Fsp3) is 0.905. The maximum atomic E-state index is 13.1. The lowest BCUT2D eigenvalue weighted by atomic mass is 9.47. The van der Waals surface area contributed by atoms with E-state index < -0.39 is 0 Å². The molecule has 4 aliphatic rings. The number of fused-ring (bicyclic) bond motifs is 5. The number of rotatable bonds is 18. The highest BCUT2D eigenvalue weighted by molar-refractivity contribution is 5.77. The fourth-order valence-corrected chi connectivity index (χ4v) is 11.1. The van der Waals surface area contributed by atoms with Crippen LogP contribution < -0.4 is 0 Å². The lowest BCUT2D eigenvalue weighted by molar-refractivity contribution is -0.151. The van der Waals surface area contributed by atoms with Crippen molar-refractivity contribution in [2.24, 2.45) is 46.3 Å². The quantitative estimate of drug-likeness (QED) is 0.108. The molecule has 0 aromatic carbocycles. The van der Waals surface area contributed by atoms with Crippen LogP contribution in [0.1, 0.15) is 137 Å². The van der Waals surface area contributed by atoms with Crippen LogP contribution >= 0.6 is 0 Å². The molecule has 276 valence electrons. The molecule has 0 radical (unpaired) electrons. The van der Waals surface area contributed by atoms with Gasteiger partial charge < -0.3 is 19.4 Å². The number of hydrogen-bond donors (Lipinski definition) is 0. The van der Waals surface area contributed by atoms with E-state index in [-0.39, 0.29) is 23.4 Å².